The fraction of sp³-hybridized carbons (Fsp3) is 0.133. The summed E-state index contributed by atoms with van der Waals surface area (Å²) in [6.07, 6.45) is 7.95. The molecule has 48 heavy (non-hydrogen) atoms. The van der Waals surface area contributed by atoms with E-state index in [-0.39, 0.29) is 10.8 Å². The molecular weight excluding hydrogens is 583 g/mol. The Labute approximate surface area is 281 Å². The molecule has 0 radical (unpaired) electrons. The number of benzene rings is 5. The van der Waals surface area contributed by atoms with Gasteiger partial charge >= 0.3 is 0 Å². The standard InChI is InChI=1S/C45H35N3/c1-44(2)35-21-13-12-20-34(35)42-41(44)39(40-33-19-11-10-14-29(33)22-23-36(40)46-42)31-24-26-45(3,27-25-31)38-28-37(30-15-6-4-7-16-30)47-43(48-38)32-17-8-5-9-18-32/h4-26,28H,27H2,1-3H3. The third-order valence-corrected chi connectivity index (χ3v) is 10.4. The first-order valence-electron chi connectivity index (χ1n) is 16.8. The van der Waals surface area contributed by atoms with Gasteiger partial charge in [-0.1, -0.05) is 154 Å². The van der Waals surface area contributed by atoms with Crippen LogP contribution in [0.1, 0.15) is 49.6 Å². The van der Waals surface area contributed by atoms with Crippen molar-refractivity contribution >= 4 is 27.2 Å². The van der Waals surface area contributed by atoms with Gasteiger partial charge in [0.2, 0.25) is 0 Å². The molecule has 0 fully saturated rings. The third kappa shape index (κ3) is 4.38. The van der Waals surface area contributed by atoms with Crippen LogP contribution in [0.4, 0.5) is 0 Å². The molecule has 1 unspecified atom stereocenters. The Bertz CT molecular complexity index is 2400. The van der Waals surface area contributed by atoms with Crippen molar-refractivity contribution < 1.29 is 0 Å². The molecule has 2 aliphatic carbocycles. The average molecular weight is 618 g/mol. The van der Waals surface area contributed by atoms with Crippen LogP contribution in [-0.2, 0) is 10.8 Å². The Morgan fingerprint density at radius 3 is 2.12 bits per heavy atom. The lowest BCUT2D eigenvalue weighted by Crippen LogP contribution is -2.23. The first-order valence-corrected chi connectivity index (χ1v) is 16.8. The van der Waals surface area contributed by atoms with Crippen LogP contribution >= 0.6 is 0 Å². The van der Waals surface area contributed by atoms with Crippen LogP contribution in [-0.4, -0.2) is 15.0 Å². The fourth-order valence-electron chi connectivity index (χ4n) is 7.82. The smallest absolute Gasteiger partial charge is 0.160 e. The number of fused-ring (bicyclic) bond motifs is 6. The highest BCUT2D eigenvalue weighted by atomic mass is 14.9. The molecule has 0 bridgehead atoms. The largest absolute Gasteiger partial charge is 0.247 e. The molecule has 0 saturated heterocycles. The summed E-state index contributed by atoms with van der Waals surface area (Å²) in [5.74, 6) is 0.750. The molecule has 0 saturated carbocycles. The van der Waals surface area contributed by atoms with E-state index < -0.39 is 0 Å². The number of pyridine rings is 1. The lowest BCUT2D eigenvalue weighted by atomic mass is 9.74. The minimum Gasteiger partial charge on any atom is -0.247 e. The number of rotatable bonds is 4. The van der Waals surface area contributed by atoms with E-state index in [0.717, 1.165) is 46.0 Å². The van der Waals surface area contributed by atoms with Crippen molar-refractivity contribution in [1.29, 1.82) is 0 Å². The molecule has 5 aromatic carbocycles. The first-order chi connectivity index (χ1) is 23.4. The van der Waals surface area contributed by atoms with E-state index >= 15 is 0 Å². The van der Waals surface area contributed by atoms with Gasteiger partial charge in [-0.2, -0.15) is 0 Å². The predicted octanol–water partition coefficient (Wildman–Crippen LogP) is 11.1. The molecule has 0 aliphatic heterocycles. The molecule has 9 rings (SSSR count). The van der Waals surface area contributed by atoms with Gasteiger partial charge in [0.25, 0.3) is 0 Å². The van der Waals surface area contributed by atoms with Crippen molar-refractivity contribution in [3.63, 3.8) is 0 Å². The van der Waals surface area contributed by atoms with Gasteiger partial charge < -0.3 is 0 Å². The van der Waals surface area contributed by atoms with E-state index in [2.05, 4.69) is 142 Å². The highest BCUT2D eigenvalue weighted by Crippen LogP contribution is 2.53. The van der Waals surface area contributed by atoms with Gasteiger partial charge in [-0.25, -0.2) is 15.0 Å². The van der Waals surface area contributed by atoms with Crippen LogP contribution in [0.5, 0.6) is 0 Å². The van der Waals surface area contributed by atoms with Crippen LogP contribution in [0.2, 0.25) is 0 Å². The zero-order chi connectivity index (χ0) is 32.5. The van der Waals surface area contributed by atoms with E-state index in [0.29, 0.717) is 0 Å². The van der Waals surface area contributed by atoms with Gasteiger partial charge in [0.15, 0.2) is 5.82 Å². The summed E-state index contributed by atoms with van der Waals surface area (Å²) in [6, 6.07) is 44.8. The minimum absolute atomic E-state index is 0.198. The second-order valence-corrected chi connectivity index (χ2v) is 13.9. The molecule has 1 atom stereocenters. The topological polar surface area (TPSA) is 38.7 Å². The Balaban J connectivity index is 1.23. The summed E-state index contributed by atoms with van der Waals surface area (Å²) >= 11 is 0. The van der Waals surface area contributed by atoms with Crippen LogP contribution < -0.4 is 0 Å². The molecule has 7 aromatic rings. The molecule has 3 heteroatoms. The molecule has 2 aliphatic rings. The minimum atomic E-state index is -0.313. The summed E-state index contributed by atoms with van der Waals surface area (Å²) in [7, 11) is 0. The van der Waals surface area contributed by atoms with Crippen molar-refractivity contribution in [1.82, 2.24) is 15.0 Å². The third-order valence-electron chi connectivity index (χ3n) is 10.4. The number of nitrogens with zero attached hydrogens (tertiary/aromatic N) is 3. The quantitative estimate of drug-likeness (QED) is 0.184. The normalized spacial score (nSPS) is 17.7. The molecule has 230 valence electrons. The summed E-state index contributed by atoms with van der Waals surface area (Å²) < 4.78 is 0. The molecular formula is C45H35N3. The van der Waals surface area contributed by atoms with Crippen LogP contribution in [0.25, 0.3) is 61.2 Å². The Hall–Kier alpha value is -5.67. The second-order valence-electron chi connectivity index (χ2n) is 13.9. The number of aromatic nitrogens is 3. The van der Waals surface area contributed by atoms with Crippen molar-refractivity contribution in [3.8, 4) is 33.9 Å². The number of hydrogen-bond acceptors (Lipinski definition) is 3. The molecule has 0 amide bonds. The zero-order valence-electron chi connectivity index (χ0n) is 27.4. The Kier molecular flexibility index (Phi) is 6.35. The van der Waals surface area contributed by atoms with E-state index in [1.165, 1.54) is 44.0 Å². The van der Waals surface area contributed by atoms with Gasteiger partial charge in [0, 0.05) is 32.9 Å². The van der Waals surface area contributed by atoms with Gasteiger partial charge in [-0.05, 0) is 51.6 Å². The molecule has 0 spiro atoms. The van der Waals surface area contributed by atoms with E-state index in [9.17, 15) is 0 Å². The van der Waals surface area contributed by atoms with Gasteiger partial charge in [-0.3, -0.25) is 0 Å². The van der Waals surface area contributed by atoms with Gasteiger partial charge in [0.1, 0.15) is 0 Å². The van der Waals surface area contributed by atoms with Crippen molar-refractivity contribution in [2.24, 2.45) is 0 Å². The monoisotopic (exact) mass is 617 g/mol. The second kappa shape index (κ2) is 10.7. The summed E-state index contributed by atoms with van der Waals surface area (Å²) in [5.41, 5.74) is 12.1. The lowest BCUT2D eigenvalue weighted by molar-refractivity contribution is 0.579. The predicted molar refractivity (Wildman–Crippen MR) is 199 cm³/mol. The SMILES string of the molecule is CC1(c2cc(-c3ccccc3)nc(-c3ccccc3)n2)C=CC(c2c3c(nc4ccc5ccccc5c24)-c2ccccc2C3(C)C)=CC1. The number of allylic oxidation sites excluding steroid dienone is 4. The Morgan fingerprint density at radius 1 is 0.646 bits per heavy atom. The van der Waals surface area contributed by atoms with Gasteiger partial charge in [-0.15, -0.1) is 0 Å². The van der Waals surface area contributed by atoms with Crippen LogP contribution in [0, 0.1) is 0 Å². The maximum Gasteiger partial charge on any atom is 0.160 e. The maximum absolute atomic E-state index is 5.38. The molecule has 2 heterocycles. The highest BCUT2D eigenvalue weighted by Gasteiger charge is 2.40. The highest BCUT2D eigenvalue weighted by molar-refractivity contribution is 6.14. The summed E-state index contributed by atoms with van der Waals surface area (Å²) in [6.45, 7) is 7.01. The first kappa shape index (κ1) is 28.5. The van der Waals surface area contributed by atoms with E-state index in [1.807, 2.05) is 24.3 Å². The molecule has 0 N–H and O–H groups in total. The molecule has 3 nitrogen and oxygen atoms in total. The fourth-order valence-corrected chi connectivity index (χ4v) is 7.82. The van der Waals surface area contributed by atoms with Crippen molar-refractivity contribution in [2.45, 2.75) is 38.0 Å². The lowest BCUT2D eigenvalue weighted by Gasteiger charge is -2.31. The van der Waals surface area contributed by atoms with Crippen molar-refractivity contribution in [3.05, 3.63) is 168 Å². The van der Waals surface area contributed by atoms with Crippen LogP contribution in [0.15, 0.2) is 146 Å². The maximum atomic E-state index is 5.38. The Morgan fingerprint density at radius 2 is 1.35 bits per heavy atom. The van der Waals surface area contributed by atoms with Gasteiger partial charge in [0.05, 0.1) is 22.6 Å². The van der Waals surface area contributed by atoms with E-state index in [4.69, 9.17) is 15.0 Å². The number of hydrogen-bond donors (Lipinski definition) is 0. The van der Waals surface area contributed by atoms with Crippen LogP contribution in [0.3, 0.4) is 0 Å². The van der Waals surface area contributed by atoms with E-state index in [1.54, 1.807) is 0 Å². The summed E-state index contributed by atoms with van der Waals surface area (Å²) in [5, 5.41) is 3.70. The zero-order valence-corrected chi connectivity index (χ0v) is 27.4. The van der Waals surface area contributed by atoms with Crippen molar-refractivity contribution in [2.75, 3.05) is 0 Å². The summed E-state index contributed by atoms with van der Waals surface area (Å²) in [4.78, 5) is 15.6. The molecule has 2 aromatic heterocycles. The average Bonchev–Trinajstić information content (AvgIpc) is 3.37.